The average molecular weight is 354 g/mol. The fraction of sp³-hybridized carbons (Fsp3) is 0.524. The number of likely N-dealkylation sites (tertiary alicyclic amines) is 1. The minimum Gasteiger partial charge on any atom is -0.342 e. The van der Waals surface area contributed by atoms with Gasteiger partial charge in [0.05, 0.1) is 6.04 Å². The Labute approximate surface area is 156 Å². The number of hydrogen-bond acceptors (Lipinski definition) is 3. The van der Waals surface area contributed by atoms with Crippen molar-refractivity contribution in [3.05, 3.63) is 53.6 Å². The molecule has 1 saturated heterocycles. The predicted molar refractivity (Wildman–Crippen MR) is 104 cm³/mol. The van der Waals surface area contributed by atoms with Gasteiger partial charge in [0, 0.05) is 31.5 Å². The van der Waals surface area contributed by atoms with Crippen molar-refractivity contribution in [1.82, 2.24) is 19.8 Å². The van der Waals surface area contributed by atoms with Crippen molar-refractivity contribution < 1.29 is 4.79 Å². The first kappa shape index (κ1) is 18.6. The second-order valence-electron chi connectivity index (χ2n) is 7.24. The van der Waals surface area contributed by atoms with Crippen molar-refractivity contribution in [2.24, 2.45) is 7.05 Å². The van der Waals surface area contributed by atoms with Gasteiger partial charge in [-0.3, -0.25) is 9.69 Å². The van der Waals surface area contributed by atoms with E-state index in [1.54, 1.807) is 6.20 Å². The highest BCUT2D eigenvalue weighted by Gasteiger charge is 2.18. The highest BCUT2D eigenvalue weighted by molar-refractivity contribution is 5.94. The fourth-order valence-corrected chi connectivity index (χ4v) is 3.65. The van der Waals surface area contributed by atoms with E-state index in [0.29, 0.717) is 5.56 Å². The minimum atomic E-state index is -0.0551. The highest BCUT2D eigenvalue weighted by atomic mass is 16.1. The Morgan fingerprint density at radius 3 is 2.54 bits per heavy atom. The van der Waals surface area contributed by atoms with E-state index >= 15 is 0 Å². The molecule has 0 saturated carbocycles. The van der Waals surface area contributed by atoms with Crippen LogP contribution in [0.5, 0.6) is 0 Å². The summed E-state index contributed by atoms with van der Waals surface area (Å²) in [6, 6.07) is 7.99. The smallest absolute Gasteiger partial charge is 0.251 e. The lowest BCUT2D eigenvalue weighted by molar-refractivity contribution is 0.0932. The van der Waals surface area contributed by atoms with Gasteiger partial charge in [-0.15, -0.1) is 0 Å². The number of nitrogens with zero attached hydrogens (tertiary/aromatic N) is 3. The molecule has 1 aromatic heterocycles. The van der Waals surface area contributed by atoms with Crippen LogP contribution in [0, 0.1) is 0 Å². The van der Waals surface area contributed by atoms with Gasteiger partial charge >= 0.3 is 0 Å². The number of benzene rings is 1. The molecular formula is C21H30N4O. The van der Waals surface area contributed by atoms with Gasteiger partial charge in [0.15, 0.2) is 0 Å². The third kappa shape index (κ3) is 4.73. The molecule has 5 nitrogen and oxygen atoms in total. The molecule has 0 unspecified atom stereocenters. The predicted octanol–water partition coefficient (Wildman–Crippen LogP) is 3.68. The summed E-state index contributed by atoms with van der Waals surface area (Å²) >= 11 is 0. The normalized spacial score (nSPS) is 16.4. The molecule has 26 heavy (non-hydrogen) atoms. The van der Waals surface area contributed by atoms with Gasteiger partial charge in [0.25, 0.3) is 5.91 Å². The number of aryl methyl sites for hydroxylation is 1. The molecule has 1 fully saturated rings. The van der Waals surface area contributed by atoms with Crippen LogP contribution in [0.15, 0.2) is 36.7 Å². The number of aromatic nitrogens is 2. The Bertz CT molecular complexity index is 701. The van der Waals surface area contributed by atoms with Gasteiger partial charge in [0.2, 0.25) is 0 Å². The Hall–Kier alpha value is -2.14. The lowest BCUT2D eigenvalue weighted by atomic mass is 10.1. The SMILES string of the molecule is CCC[C@H](NC(=O)c1ccc(CN2CCCCC2)cc1)c1nccn1C. The van der Waals surface area contributed by atoms with Gasteiger partial charge < -0.3 is 9.88 Å². The van der Waals surface area contributed by atoms with Crippen LogP contribution in [0.25, 0.3) is 0 Å². The maximum absolute atomic E-state index is 12.7. The number of rotatable bonds is 7. The molecule has 5 heteroatoms. The van der Waals surface area contributed by atoms with E-state index in [0.717, 1.165) is 25.2 Å². The fourth-order valence-electron chi connectivity index (χ4n) is 3.65. The maximum Gasteiger partial charge on any atom is 0.251 e. The van der Waals surface area contributed by atoms with Gasteiger partial charge in [0.1, 0.15) is 5.82 Å². The van der Waals surface area contributed by atoms with E-state index in [1.807, 2.05) is 29.9 Å². The van der Waals surface area contributed by atoms with Crippen LogP contribution in [0.4, 0.5) is 0 Å². The lowest BCUT2D eigenvalue weighted by Gasteiger charge is -2.26. The van der Waals surface area contributed by atoms with Crippen LogP contribution in [-0.4, -0.2) is 33.4 Å². The molecule has 1 aliphatic heterocycles. The maximum atomic E-state index is 12.7. The molecule has 1 N–H and O–H groups in total. The zero-order chi connectivity index (χ0) is 18.4. The first-order chi connectivity index (χ1) is 12.7. The van der Waals surface area contributed by atoms with Gasteiger partial charge in [-0.25, -0.2) is 4.98 Å². The van der Waals surface area contributed by atoms with Gasteiger partial charge in [-0.2, -0.15) is 0 Å². The first-order valence-electron chi connectivity index (χ1n) is 9.76. The second-order valence-corrected chi connectivity index (χ2v) is 7.24. The van der Waals surface area contributed by atoms with Crippen molar-refractivity contribution in [2.75, 3.05) is 13.1 Å². The summed E-state index contributed by atoms with van der Waals surface area (Å²) in [6.45, 7) is 5.47. The number of carbonyl (C=O) groups is 1. The molecular weight excluding hydrogens is 324 g/mol. The number of nitrogens with one attached hydrogen (secondary N) is 1. The second kappa shape index (κ2) is 8.99. The molecule has 1 aliphatic rings. The monoisotopic (exact) mass is 354 g/mol. The Morgan fingerprint density at radius 1 is 1.19 bits per heavy atom. The van der Waals surface area contributed by atoms with E-state index in [9.17, 15) is 4.79 Å². The van der Waals surface area contributed by atoms with E-state index < -0.39 is 0 Å². The molecule has 0 radical (unpaired) electrons. The van der Waals surface area contributed by atoms with E-state index in [-0.39, 0.29) is 11.9 Å². The molecule has 1 aromatic carbocycles. The van der Waals surface area contributed by atoms with Crippen LogP contribution in [0.1, 0.15) is 66.8 Å². The molecule has 1 amide bonds. The van der Waals surface area contributed by atoms with Crippen LogP contribution in [0.3, 0.4) is 0 Å². The van der Waals surface area contributed by atoms with Crippen molar-refractivity contribution >= 4 is 5.91 Å². The van der Waals surface area contributed by atoms with Gasteiger partial charge in [-0.1, -0.05) is 31.9 Å². The van der Waals surface area contributed by atoms with Crippen LogP contribution in [0.2, 0.25) is 0 Å². The van der Waals surface area contributed by atoms with Crippen molar-refractivity contribution in [2.45, 2.75) is 51.6 Å². The van der Waals surface area contributed by atoms with E-state index in [1.165, 1.54) is 37.9 Å². The standard InChI is InChI=1S/C21H30N4O/c1-3-7-19(20-22-12-15-24(20)2)23-21(26)18-10-8-17(9-11-18)16-25-13-5-4-6-14-25/h8-12,15,19H,3-7,13-14,16H2,1-2H3,(H,23,26)/t19-/m0/s1. The average Bonchev–Trinajstić information content (AvgIpc) is 3.08. The molecule has 2 aromatic rings. The first-order valence-corrected chi connectivity index (χ1v) is 9.76. The molecule has 0 aliphatic carbocycles. The summed E-state index contributed by atoms with van der Waals surface area (Å²) in [5, 5.41) is 3.15. The Kier molecular flexibility index (Phi) is 6.45. The third-order valence-electron chi connectivity index (χ3n) is 5.12. The number of imidazole rings is 1. The summed E-state index contributed by atoms with van der Waals surface area (Å²) in [7, 11) is 1.96. The number of amides is 1. The number of carbonyl (C=O) groups excluding carboxylic acids is 1. The topological polar surface area (TPSA) is 50.2 Å². The van der Waals surface area contributed by atoms with Gasteiger partial charge in [-0.05, 0) is 50.0 Å². The third-order valence-corrected chi connectivity index (χ3v) is 5.12. The quantitative estimate of drug-likeness (QED) is 0.825. The summed E-state index contributed by atoms with van der Waals surface area (Å²) in [5.74, 6) is 0.873. The van der Waals surface area contributed by atoms with Crippen LogP contribution < -0.4 is 5.32 Å². The van der Waals surface area contributed by atoms with Crippen molar-refractivity contribution in [3.63, 3.8) is 0 Å². The summed E-state index contributed by atoms with van der Waals surface area (Å²) < 4.78 is 1.97. The Balaban J connectivity index is 1.62. The molecule has 1 atom stereocenters. The molecule has 0 spiro atoms. The van der Waals surface area contributed by atoms with E-state index in [2.05, 4.69) is 34.3 Å². The zero-order valence-electron chi connectivity index (χ0n) is 15.9. The Morgan fingerprint density at radius 2 is 1.92 bits per heavy atom. The summed E-state index contributed by atoms with van der Waals surface area (Å²) in [5.41, 5.74) is 1.99. The largest absolute Gasteiger partial charge is 0.342 e. The zero-order valence-corrected chi connectivity index (χ0v) is 15.9. The van der Waals surface area contributed by atoms with Crippen LogP contribution >= 0.6 is 0 Å². The lowest BCUT2D eigenvalue weighted by Crippen LogP contribution is -2.30. The molecule has 3 rings (SSSR count). The van der Waals surface area contributed by atoms with Crippen molar-refractivity contribution in [1.29, 1.82) is 0 Å². The highest BCUT2D eigenvalue weighted by Crippen LogP contribution is 2.18. The molecule has 0 bridgehead atoms. The van der Waals surface area contributed by atoms with Crippen LogP contribution in [-0.2, 0) is 13.6 Å². The summed E-state index contributed by atoms with van der Waals surface area (Å²) in [4.78, 5) is 19.6. The van der Waals surface area contributed by atoms with E-state index in [4.69, 9.17) is 0 Å². The minimum absolute atomic E-state index is 0.0315. The summed E-state index contributed by atoms with van der Waals surface area (Å²) in [6.07, 6.45) is 9.51. The number of piperidine rings is 1. The van der Waals surface area contributed by atoms with Crippen molar-refractivity contribution in [3.8, 4) is 0 Å². The molecule has 2 heterocycles. The molecule has 140 valence electrons. The number of hydrogen-bond donors (Lipinski definition) is 1.